The molecule has 21 heavy (non-hydrogen) atoms. The van der Waals surface area contributed by atoms with Crippen molar-refractivity contribution >= 4 is 22.3 Å². The summed E-state index contributed by atoms with van der Waals surface area (Å²) in [6.45, 7) is 2.11. The van der Waals surface area contributed by atoms with Gasteiger partial charge < -0.3 is 9.88 Å². The van der Waals surface area contributed by atoms with E-state index >= 15 is 0 Å². The first-order chi connectivity index (χ1) is 10.2. The Bertz CT molecular complexity index is 816. The number of aromatic nitrogens is 1. The monoisotopic (exact) mass is 277 g/mol. The van der Waals surface area contributed by atoms with Crippen molar-refractivity contribution in [2.75, 3.05) is 12.4 Å². The minimum absolute atomic E-state index is 1.04. The number of benzene rings is 2. The number of fused-ring (bicyclic) bond motifs is 2. The summed E-state index contributed by atoms with van der Waals surface area (Å²) < 4.78 is 2.14. The standard InChI is InChI=1S/C18H19N3/c1-20-11-14-3-4-16(10-15(14)12-20)19-17-5-6-18-13(9-17)7-8-21(18)2/h3-10,19H,11-12H2,1-2H3. The van der Waals surface area contributed by atoms with E-state index in [1.807, 2.05) is 0 Å². The molecule has 1 aliphatic rings. The highest BCUT2D eigenvalue weighted by molar-refractivity contribution is 5.84. The summed E-state index contributed by atoms with van der Waals surface area (Å²) >= 11 is 0. The Morgan fingerprint density at radius 1 is 0.857 bits per heavy atom. The van der Waals surface area contributed by atoms with Crippen LogP contribution in [0.5, 0.6) is 0 Å². The SMILES string of the molecule is CN1Cc2ccc(Nc3ccc4c(ccn4C)c3)cc2C1. The molecule has 106 valence electrons. The number of anilines is 2. The van der Waals surface area contributed by atoms with Gasteiger partial charge in [0.15, 0.2) is 0 Å². The van der Waals surface area contributed by atoms with Gasteiger partial charge in [0.1, 0.15) is 0 Å². The van der Waals surface area contributed by atoms with Gasteiger partial charge in [-0.1, -0.05) is 6.07 Å². The van der Waals surface area contributed by atoms with E-state index in [2.05, 4.69) is 77.5 Å². The number of nitrogens with one attached hydrogen (secondary N) is 1. The smallest absolute Gasteiger partial charge is 0.0479 e. The van der Waals surface area contributed by atoms with E-state index in [0.29, 0.717) is 0 Å². The van der Waals surface area contributed by atoms with Gasteiger partial charge in [-0.05, 0) is 54.6 Å². The number of aryl methyl sites for hydroxylation is 1. The quantitative estimate of drug-likeness (QED) is 0.767. The lowest BCUT2D eigenvalue weighted by atomic mass is 10.1. The van der Waals surface area contributed by atoms with E-state index in [-0.39, 0.29) is 0 Å². The topological polar surface area (TPSA) is 20.2 Å². The Labute approximate surface area is 124 Å². The first kappa shape index (κ1) is 12.5. The second kappa shape index (κ2) is 4.64. The molecule has 0 aliphatic carbocycles. The van der Waals surface area contributed by atoms with Crippen molar-refractivity contribution in [3.05, 3.63) is 59.8 Å². The van der Waals surface area contributed by atoms with Gasteiger partial charge in [0.05, 0.1) is 0 Å². The highest BCUT2D eigenvalue weighted by Crippen LogP contribution is 2.27. The molecule has 4 rings (SSSR count). The molecule has 0 amide bonds. The third-order valence-corrected chi connectivity index (χ3v) is 4.26. The summed E-state index contributed by atoms with van der Waals surface area (Å²) in [5.41, 5.74) is 6.44. The van der Waals surface area contributed by atoms with E-state index in [9.17, 15) is 0 Å². The van der Waals surface area contributed by atoms with Crippen LogP contribution in [-0.2, 0) is 20.1 Å². The van der Waals surface area contributed by atoms with E-state index in [0.717, 1.165) is 18.8 Å². The summed E-state index contributed by atoms with van der Waals surface area (Å²) in [5, 5.41) is 4.79. The Balaban J connectivity index is 1.64. The summed E-state index contributed by atoms with van der Waals surface area (Å²) in [5.74, 6) is 0. The van der Waals surface area contributed by atoms with Crippen molar-refractivity contribution in [3.63, 3.8) is 0 Å². The van der Waals surface area contributed by atoms with Crippen molar-refractivity contribution in [3.8, 4) is 0 Å². The number of rotatable bonds is 2. The van der Waals surface area contributed by atoms with Gasteiger partial charge in [0, 0.05) is 48.6 Å². The first-order valence-electron chi connectivity index (χ1n) is 7.31. The average molecular weight is 277 g/mol. The van der Waals surface area contributed by atoms with E-state index in [4.69, 9.17) is 0 Å². The molecule has 1 aromatic heterocycles. The van der Waals surface area contributed by atoms with Crippen LogP contribution in [0.1, 0.15) is 11.1 Å². The minimum atomic E-state index is 1.04. The maximum atomic E-state index is 3.52. The molecule has 0 fully saturated rings. The zero-order valence-corrected chi connectivity index (χ0v) is 12.4. The molecule has 3 nitrogen and oxygen atoms in total. The maximum Gasteiger partial charge on any atom is 0.0479 e. The van der Waals surface area contributed by atoms with Crippen LogP contribution in [-0.4, -0.2) is 16.5 Å². The van der Waals surface area contributed by atoms with E-state index < -0.39 is 0 Å². The molecule has 0 radical (unpaired) electrons. The van der Waals surface area contributed by atoms with Gasteiger partial charge in [0.2, 0.25) is 0 Å². The molecule has 2 heterocycles. The Morgan fingerprint density at radius 2 is 1.62 bits per heavy atom. The van der Waals surface area contributed by atoms with Crippen LogP contribution in [0.15, 0.2) is 48.7 Å². The van der Waals surface area contributed by atoms with E-state index in [1.54, 1.807) is 0 Å². The van der Waals surface area contributed by atoms with Gasteiger partial charge in [-0.15, -0.1) is 0 Å². The van der Waals surface area contributed by atoms with Gasteiger partial charge in [-0.25, -0.2) is 0 Å². The summed E-state index contributed by atoms with van der Waals surface area (Å²) in [4.78, 5) is 2.34. The number of nitrogens with zero attached hydrogens (tertiary/aromatic N) is 2. The van der Waals surface area contributed by atoms with Gasteiger partial charge in [-0.3, -0.25) is 4.90 Å². The Morgan fingerprint density at radius 3 is 2.52 bits per heavy atom. The average Bonchev–Trinajstić information content (AvgIpc) is 3.01. The molecule has 0 saturated carbocycles. The van der Waals surface area contributed by atoms with Crippen LogP contribution in [0.25, 0.3) is 10.9 Å². The molecular weight excluding hydrogens is 258 g/mol. The first-order valence-corrected chi connectivity index (χ1v) is 7.31. The molecule has 0 saturated heterocycles. The van der Waals surface area contributed by atoms with Gasteiger partial charge >= 0.3 is 0 Å². The fourth-order valence-corrected chi connectivity index (χ4v) is 3.17. The number of hydrogen-bond acceptors (Lipinski definition) is 2. The second-order valence-corrected chi connectivity index (χ2v) is 5.98. The lowest BCUT2D eigenvalue weighted by Gasteiger charge is -2.09. The lowest BCUT2D eigenvalue weighted by molar-refractivity contribution is 0.353. The fourth-order valence-electron chi connectivity index (χ4n) is 3.17. The molecule has 0 atom stereocenters. The second-order valence-electron chi connectivity index (χ2n) is 5.98. The molecule has 3 aromatic rings. The Hall–Kier alpha value is -2.26. The lowest BCUT2D eigenvalue weighted by Crippen LogP contribution is -2.07. The number of hydrogen-bond donors (Lipinski definition) is 1. The highest BCUT2D eigenvalue weighted by atomic mass is 15.1. The molecule has 1 N–H and O–H groups in total. The van der Waals surface area contributed by atoms with Gasteiger partial charge in [-0.2, -0.15) is 0 Å². The van der Waals surface area contributed by atoms with Crippen molar-refractivity contribution in [1.29, 1.82) is 0 Å². The Kier molecular flexibility index (Phi) is 2.76. The van der Waals surface area contributed by atoms with Crippen molar-refractivity contribution < 1.29 is 0 Å². The summed E-state index contributed by atoms with van der Waals surface area (Å²) in [6, 6.07) is 15.3. The van der Waals surface area contributed by atoms with E-state index in [1.165, 1.54) is 27.7 Å². The zero-order chi connectivity index (χ0) is 14.4. The molecule has 0 unspecified atom stereocenters. The minimum Gasteiger partial charge on any atom is -0.355 e. The highest BCUT2D eigenvalue weighted by Gasteiger charge is 2.15. The van der Waals surface area contributed by atoms with Crippen LogP contribution in [0.3, 0.4) is 0 Å². The fraction of sp³-hybridized carbons (Fsp3) is 0.222. The molecule has 0 spiro atoms. The predicted molar refractivity (Wildman–Crippen MR) is 87.8 cm³/mol. The van der Waals surface area contributed by atoms with Crippen LogP contribution < -0.4 is 5.32 Å². The van der Waals surface area contributed by atoms with Crippen molar-refractivity contribution in [1.82, 2.24) is 9.47 Å². The van der Waals surface area contributed by atoms with Crippen LogP contribution >= 0.6 is 0 Å². The maximum absolute atomic E-state index is 3.52. The van der Waals surface area contributed by atoms with Crippen molar-refractivity contribution in [2.24, 2.45) is 7.05 Å². The molecule has 0 bridgehead atoms. The largest absolute Gasteiger partial charge is 0.355 e. The predicted octanol–water partition coefficient (Wildman–Crippen LogP) is 3.87. The van der Waals surface area contributed by atoms with Crippen molar-refractivity contribution in [2.45, 2.75) is 13.1 Å². The summed E-state index contributed by atoms with van der Waals surface area (Å²) in [7, 11) is 4.24. The molecular formula is C18H19N3. The molecule has 2 aromatic carbocycles. The van der Waals surface area contributed by atoms with Crippen LogP contribution in [0.4, 0.5) is 11.4 Å². The third kappa shape index (κ3) is 2.20. The third-order valence-electron chi connectivity index (χ3n) is 4.26. The zero-order valence-electron chi connectivity index (χ0n) is 12.4. The van der Waals surface area contributed by atoms with Gasteiger partial charge in [0.25, 0.3) is 0 Å². The molecule has 3 heteroatoms. The summed E-state index contributed by atoms with van der Waals surface area (Å²) in [6.07, 6.45) is 2.10. The van der Waals surface area contributed by atoms with Crippen LogP contribution in [0.2, 0.25) is 0 Å². The molecule has 1 aliphatic heterocycles. The normalized spacial score (nSPS) is 14.6. The van der Waals surface area contributed by atoms with Crippen LogP contribution in [0, 0.1) is 0 Å².